The van der Waals surface area contributed by atoms with Crippen LogP contribution in [0.15, 0.2) is 59.9 Å². The highest BCUT2D eigenvalue weighted by molar-refractivity contribution is 7.90. The van der Waals surface area contributed by atoms with E-state index in [2.05, 4.69) is 10.3 Å². The Kier molecular flexibility index (Phi) is 5.07. The Balaban J connectivity index is 1.99. The molecule has 7 heteroatoms. The van der Waals surface area contributed by atoms with Crippen molar-refractivity contribution in [2.75, 3.05) is 5.32 Å². The third kappa shape index (κ3) is 3.76. The van der Waals surface area contributed by atoms with Gasteiger partial charge in [0.1, 0.15) is 5.82 Å². The van der Waals surface area contributed by atoms with Crippen molar-refractivity contribution in [3.05, 3.63) is 65.6 Å². The number of aryl methyl sites for hydroxylation is 1. The van der Waals surface area contributed by atoms with Gasteiger partial charge in [-0.1, -0.05) is 29.3 Å². The van der Waals surface area contributed by atoms with Crippen LogP contribution < -0.4 is 5.32 Å². The Hall–Kier alpha value is -2.31. The molecule has 3 aromatic rings. The van der Waals surface area contributed by atoms with Gasteiger partial charge in [0.05, 0.1) is 9.92 Å². The summed E-state index contributed by atoms with van der Waals surface area (Å²) in [4.78, 5) is 4.49. The molecule has 0 aliphatic carbocycles. The first-order chi connectivity index (χ1) is 12.3. The van der Waals surface area contributed by atoms with E-state index < -0.39 is 10.0 Å². The van der Waals surface area contributed by atoms with Crippen LogP contribution in [0, 0.1) is 6.92 Å². The lowest BCUT2D eigenvalue weighted by Crippen LogP contribution is -2.11. The Morgan fingerprint density at radius 1 is 1.15 bits per heavy atom. The summed E-state index contributed by atoms with van der Waals surface area (Å²) in [6.45, 7) is 5.94. The van der Waals surface area contributed by atoms with Gasteiger partial charge in [0.15, 0.2) is 0 Å². The smallest absolute Gasteiger partial charge is 0.267 e. The minimum Gasteiger partial charge on any atom is -0.368 e. The van der Waals surface area contributed by atoms with Gasteiger partial charge in [-0.05, 0) is 45.0 Å². The van der Waals surface area contributed by atoms with Crippen LogP contribution in [-0.4, -0.2) is 23.4 Å². The maximum Gasteiger partial charge on any atom is 0.267 e. The van der Waals surface area contributed by atoms with E-state index in [9.17, 15) is 8.42 Å². The molecule has 26 heavy (non-hydrogen) atoms. The SMILES string of the molecule is Cc1ccc(S(=O)(=O)n2ccc(-c3cc(NC(C)C)ncc3Cl)c2)cc1. The fraction of sp³-hybridized carbons (Fsp3) is 0.211. The van der Waals surface area contributed by atoms with Gasteiger partial charge in [-0.15, -0.1) is 0 Å². The summed E-state index contributed by atoms with van der Waals surface area (Å²) < 4.78 is 26.8. The molecule has 2 aromatic heterocycles. The van der Waals surface area contributed by atoms with Gasteiger partial charge in [-0.2, -0.15) is 0 Å². The maximum atomic E-state index is 12.8. The van der Waals surface area contributed by atoms with Crippen LogP contribution >= 0.6 is 11.6 Å². The molecule has 0 bridgehead atoms. The van der Waals surface area contributed by atoms with Gasteiger partial charge in [0.25, 0.3) is 10.0 Å². The average Bonchev–Trinajstić information content (AvgIpc) is 3.07. The number of rotatable bonds is 5. The van der Waals surface area contributed by atoms with Crippen molar-refractivity contribution >= 4 is 27.4 Å². The Morgan fingerprint density at radius 3 is 2.50 bits per heavy atom. The molecule has 136 valence electrons. The van der Waals surface area contributed by atoms with Gasteiger partial charge in [-0.25, -0.2) is 17.4 Å². The number of nitrogens with zero attached hydrogens (tertiary/aromatic N) is 2. The second-order valence-corrected chi connectivity index (χ2v) is 8.65. The van der Waals surface area contributed by atoms with Gasteiger partial charge < -0.3 is 5.32 Å². The lowest BCUT2D eigenvalue weighted by atomic mass is 10.1. The third-order valence-electron chi connectivity index (χ3n) is 3.87. The molecule has 0 atom stereocenters. The van der Waals surface area contributed by atoms with Crippen LogP contribution in [-0.2, 0) is 10.0 Å². The highest BCUT2D eigenvalue weighted by atomic mass is 35.5. The molecule has 0 saturated carbocycles. The number of nitrogens with one attached hydrogen (secondary N) is 1. The molecule has 1 N–H and O–H groups in total. The highest BCUT2D eigenvalue weighted by Crippen LogP contribution is 2.30. The van der Waals surface area contributed by atoms with Gasteiger partial charge in [0.2, 0.25) is 0 Å². The molecule has 0 spiro atoms. The summed E-state index contributed by atoms with van der Waals surface area (Å²) in [5.74, 6) is 0.688. The quantitative estimate of drug-likeness (QED) is 0.694. The first kappa shape index (κ1) is 18.5. The fourth-order valence-electron chi connectivity index (χ4n) is 2.55. The molecule has 0 unspecified atom stereocenters. The summed E-state index contributed by atoms with van der Waals surface area (Å²) in [5.41, 5.74) is 2.44. The van der Waals surface area contributed by atoms with Crippen molar-refractivity contribution in [1.29, 1.82) is 0 Å². The van der Waals surface area contributed by atoms with Crippen molar-refractivity contribution in [2.24, 2.45) is 0 Å². The zero-order valence-corrected chi connectivity index (χ0v) is 16.3. The van der Waals surface area contributed by atoms with Crippen molar-refractivity contribution < 1.29 is 8.42 Å². The lowest BCUT2D eigenvalue weighted by Gasteiger charge is -2.11. The van der Waals surface area contributed by atoms with E-state index in [0.29, 0.717) is 16.4 Å². The van der Waals surface area contributed by atoms with Crippen LogP contribution in [0.1, 0.15) is 19.4 Å². The summed E-state index contributed by atoms with van der Waals surface area (Å²) in [6, 6.07) is 10.5. The Bertz CT molecular complexity index is 1030. The highest BCUT2D eigenvalue weighted by Gasteiger charge is 2.18. The standard InChI is InChI=1S/C19H20ClN3O2S/c1-13(2)22-19-10-17(18(20)11-21-19)15-8-9-23(12-15)26(24,25)16-6-4-14(3)5-7-16/h4-13H,1-3H3,(H,21,22). The number of aromatic nitrogens is 2. The van der Waals surface area contributed by atoms with Gasteiger partial charge in [0, 0.05) is 35.8 Å². The molecule has 5 nitrogen and oxygen atoms in total. The number of hydrogen-bond donors (Lipinski definition) is 1. The first-order valence-corrected chi connectivity index (χ1v) is 10.0. The van der Waals surface area contributed by atoms with E-state index in [1.807, 2.05) is 26.8 Å². The van der Waals surface area contributed by atoms with E-state index in [-0.39, 0.29) is 10.9 Å². The topological polar surface area (TPSA) is 64.0 Å². The van der Waals surface area contributed by atoms with Crippen molar-refractivity contribution in [3.63, 3.8) is 0 Å². The van der Waals surface area contributed by atoms with E-state index in [1.54, 1.807) is 42.7 Å². The number of anilines is 1. The molecule has 0 saturated heterocycles. The number of pyridine rings is 1. The van der Waals surface area contributed by atoms with Crippen molar-refractivity contribution in [2.45, 2.75) is 31.7 Å². The lowest BCUT2D eigenvalue weighted by molar-refractivity contribution is 0.587. The second kappa shape index (κ2) is 7.13. The zero-order valence-electron chi connectivity index (χ0n) is 14.8. The molecule has 2 heterocycles. The van der Waals surface area contributed by atoms with Gasteiger partial charge in [-0.3, -0.25) is 0 Å². The Labute approximate surface area is 158 Å². The fourth-order valence-corrected chi connectivity index (χ4v) is 3.96. The predicted octanol–water partition coefficient (Wildman–Crippen LogP) is 4.57. The minimum atomic E-state index is -3.64. The maximum absolute atomic E-state index is 12.8. The van der Waals surface area contributed by atoms with Crippen LogP contribution in [0.5, 0.6) is 0 Å². The third-order valence-corrected chi connectivity index (χ3v) is 5.82. The summed E-state index contributed by atoms with van der Waals surface area (Å²) in [6.07, 6.45) is 4.65. The largest absolute Gasteiger partial charge is 0.368 e. The molecule has 0 fully saturated rings. The molecule has 3 rings (SSSR count). The van der Waals surface area contributed by atoms with Crippen molar-refractivity contribution in [1.82, 2.24) is 8.96 Å². The summed E-state index contributed by atoms with van der Waals surface area (Å²) in [7, 11) is -3.64. The number of hydrogen-bond acceptors (Lipinski definition) is 4. The normalized spacial score (nSPS) is 11.7. The predicted molar refractivity (Wildman–Crippen MR) is 105 cm³/mol. The van der Waals surface area contributed by atoms with E-state index in [1.165, 1.54) is 10.2 Å². The summed E-state index contributed by atoms with van der Waals surface area (Å²) in [5, 5.41) is 3.68. The average molecular weight is 390 g/mol. The first-order valence-electron chi connectivity index (χ1n) is 8.20. The molecule has 0 aliphatic heterocycles. The van der Waals surface area contributed by atoms with Crippen LogP contribution in [0.3, 0.4) is 0 Å². The monoisotopic (exact) mass is 389 g/mol. The number of benzene rings is 1. The molecular weight excluding hydrogens is 370 g/mol. The summed E-state index contributed by atoms with van der Waals surface area (Å²) >= 11 is 6.28. The van der Waals surface area contributed by atoms with E-state index in [0.717, 1.165) is 11.1 Å². The van der Waals surface area contributed by atoms with Crippen LogP contribution in [0.2, 0.25) is 5.02 Å². The van der Waals surface area contributed by atoms with Gasteiger partial charge >= 0.3 is 0 Å². The Morgan fingerprint density at radius 2 is 1.85 bits per heavy atom. The molecule has 1 aromatic carbocycles. The van der Waals surface area contributed by atoms with Crippen molar-refractivity contribution in [3.8, 4) is 11.1 Å². The number of halogens is 1. The molecule has 0 radical (unpaired) electrons. The second-order valence-electron chi connectivity index (χ2n) is 6.40. The molecule has 0 aliphatic rings. The minimum absolute atomic E-state index is 0.225. The van der Waals surface area contributed by atoms with E-state index >= 15 is 0 Å². The van der Waals surface area contributed by atoms with Crippen LogP contribution in [0.25, 0.3) is 11.1 Å². The molecule has 0 amide bonds. The zero-order chi connectivity index (χ0) is 18.9. The van der Waals surface area contributed by atoms with Crippen LogP contribution in [0.4, 0.5) is 5.82 Å². The van der Waals surface area contributed by atoms with E-state index in [4.69, 9.17) is 11.6 Å². The molecular formula is C19H20ClN3O2S.